The SMILES string of the molecule is CC(C)(C)c1ccccc1.CC(C)(C)c1ccncc1.CC(C)(C)c1ccsc1. The second-order valence-corrected chi connectivity index (χ2v) is 11.1. The van der Waals surface area contributed by atoms with Crippen molar-refractivity contribution in [3.63, 3.8) is 0 Å². The number of nitrogens with zero attached hydrogens (tertiary/aromatic N) is 1. The maximum Gasteiger partial charge on any atom is 0.0270 e. The van der Waals surface area contributed by atoms with Crippen LogP contribution in [0.2, 0.25) is 0 Å². The van der Waals surface area contributed by atoms with Gasteiger partial charge in [-0.25, -0.2) is 0 Å². The molecule has 0 N–H and O–H groups in total. The second kappa shape index (κ2) is 10.7. The van der Waals surface area contributed by atoms with Gasteiger partial charge in [0.05, 0.1) is 0 Å². The summed E-state index contributed by atoms with van der Waals surface area (Å²) in [5.41, 5.74) is 5.05. The fourth-order valence-electron chi connectivity index (χ4n) is 2.48. The van der Waals surface area contributed by atoms with Crippen molar-refractivity contribution >= 4 is 11.3 Å². The zero-order chi connectivity index (χ0) is 22.1. The minimum absolute atomic E-state index is 0.253. The molecule has 0 spiro atoms. The van der Waals surface area contributed by atoms with Gasteiger partial charge in [0, 0.05) is 12.4 Å². The van der Waals surface area contributed by atoms with Crippen LogP contribution >= 0.6 is 11.3 Å². The number of aromatic nitrogens is 1. The number of rotatable bonds is 0. The van der Waals surface area contributed by atoms with E-state index in [4.69, 9.17) is 0 Å². The molecule has 0 fully saturated rings. The third-order valence-electron chi connectivity index (χ3n) is 4.57. The van der Waals surface area contributed by atoms with E-state index >= 15 is 0 Å². The Morgan fingerprint density at radius 1 is 0.552 bits per heavy atom. The van der Waals surface area contributed by atoms with Crippen molar-refractivity contribution < 1.29 is 0 Å². The van der Waals surface area contributed by atoms with Gasteiger partial charge < -0.3 is 0 Å². The number of thiophene rings is 1. The van der Waals surface area contributed by atoms with Crippen LogP contribution in [0.1, 0.15) is 79.0 Å². The number of hydrogen-bond donors (Lipinski definition) is 0. The van der Waals surface area contributed by atoms with Gasteiger partial charge >= 0.3 is 0 Å². The first-order valence-corrected chi connectivity index (χ1v) is 11.2. The van der Waals surface area contributed by atoms with Crippen LogP contribution in [0.25, 0.3) is 0 Å². The van der Waals surface area contributed by atoms with E-state index in [-0.39, 0.29) is 5.41 Å². The Hall–Kier alpha value is -1.93. The molecule has 2 aromatic heterocycles. The molecular formula is C27H39NS. The Morgan fingerprint density at radius 2 is 1.00 bits per heavy atom. The maximum atomic E-state index is 3.96. The molecule has 3 rings (SSSR count). The molecule has 3 aromatic rings. The molecule has 2 heteroatoms. The molecule has 1 nitrogen and oxygen atoms in total. The molecule has 1 aromatic carbocycles. The summed E-state index contributed by atoms with van der Waals surface area (Å²) < 4.78 is 0. The summed E-state index contributed by atoms with van der Waals surface area (Å²) in [7, 11) is 0. The van der Waals surface area contributed by atoms with E-state index in [0.717, 1.165) is 0 Å². The van der Waals surface area contributed by atoms with E-state index < -0.39 is 0 Å². The van der Waals surface area contributed by atoms with Crippen molar-refractivity contribution in [3.8, 4) is 0 Å². The largest absolute Gasteiger partial charge is 0.265 e. The highest BCUT2D eigenvalue weighted by atomic mass is 32.1. The lowest BCUT2D eigenvalue weighted by atomic mass is 9.87. The molecule has 0 unspecified atom stereocenters. The van der Waals surface area contributed by atoms with Crippen molar-refractivity contribution in [2.45, 2.75) is 78.6 Å². The summed E-state index contributed by atoms with van der Waals surface area (Å²) >= 11 is 1.77. The molecule has 0 aliphatic rings. The summed E-state index contributed by atoms with van der Waals surface area (Å²) in [5.74, 6) is 0. The molecule has 0 aliphatic heterocycles. The van der Waals surface area contributed by atoms with E-state index in [1.54, 1.807) is 11.3 Å². The van der Waals surface area contributed by atoms with Gasteiger partial charge in [-0.1, -0.05) is 92.6 Å². The number of hydrogen-bond acceptors (Lipinski definition) is 2. The zero-order valence-corrected chi connectivity index (χ0v) is 20.6. The van der Waals surface area contributed by atoms with Gasteiger partial charge in [-0.15, -0.1) is 0 Å². The third kappa shape index (κ3) is 9.89. The second-order valence-electron chi connectivity index (χ2n) is 10.4. The summed E-state index contributed by atoms with van der Waals surface area (Å²) in [4.78, 5) is 3.96. The minimum atomic E-state index is 0.253. The van der Waals surface area contributed by atoms with Gasteiger partial charge in [0.1, 0.15) is 0 Å². The predicted octanol–water partition coefficient (Wildman–Crippen LogP) is 8.41. The first-order chi connectivity index (χ1) is 13.3. The normalized spacial score (nSPS) is 11.6. The summed E-state index contributed by atoms with van der Waals surface area (Å²) in [6, 6.07) is 16.8. The lowest BCUT2D eigenvalue weighted by Gasteiger charge is -2.18. The van der Waals surface area contributed by atoms with E-state index in [0.29, 0.717) is 10.8 Å². The van der Waals surface area contributed by atoms with Crippen LogP contribution in [0.15, 0.2) is 71.7 Å². The molecule has 0 aliphatic carbocycles. The quantitative estimate of drug-likeness (QED) is 0.363. The van der Waals surface area contributed by atoms with Crippen LogP contribution in [0.4, 0.5) is 0 Å². The molecular weight excluding hydrogens is 370 g/mol. The average Bonchev–Trinajstić information content (AvgIpc) is 3.18. The van der Waals surface area contributed by atoms with Gasteiger partial charge in [-0.3, -0.25) is 4.98 Å². The van der Waals surface area contributed by atoms with Crippen molar-refractivity contribution in [2.75, 3.05) is 0 Å². The van der Waals surface area contributed by atoms with Crippen LogP contribution in [0.3, 0.4) is 0 Å². The Bertz CT molecular complexity index is 734. The fraction of sp³-hybridized carbons (Fsp3) is 0.444. The smallest absolute Gasteiger partial charge is 0.0270 e. The Kier molecular flexibility index (Phi) is 9.29. The molecule has 0 amide bonds. The lowest BCUT2D eigenvalue weighted by molar-refractivity contribution is 0.589. The van der Waals surface area contributed by atoms with Crippen LogP contribution in [-0.4, -0.2) is 4.98 Å². The van der Waals surface area contributed by atoms with Gasteiger partial charge in [0.15, 0.2) is 0 Å². The van der Waals surface area contributed by atoms with Crippen LogP contribution in [0, 0.1) is 0 Å². The summed E-state index contributed by atoms with van der Waals surface area (Å²) in [6.45, 7) is 20.0. The van der Waals surface area contributed by atoms with E-state index in [1.807, 2.05) is 12.4 Å². The van der Waals surface area contributed by atoms with E-state index in [1.165, 1.54) is 16.7 Å². The summed E-state index contributed by atoms with van der Waals surface area (Å²) in [5, 5.41) is 4.33. The highest BCUT2D eigenvalue weighted by molar-refractivity contribution is 7.08. The molecule has 0 saturated heterocycles. The van der Waals surface area contributed by atoms with E-state index in [9.17, 15) is 0 Å². The topological polar surface area (TPSA) is 12.9 Å². The van der Waals surface area contributed by atoms with Gasteiger partial charge in [-0.05, 0) is 61.9 Å². The van der Waals surface area contributed by atoms with Crippen molar-refractivity contribution in [1.82, 2.24) is 4.98 Å². The Morgan fingerprint density at radius 3 is 1.28 bits per heavy atom. The average molecular weight is 410 g/mol. The Balaban J connectivity index is 0.000000218. The molecule has 2 heterocycles. The molecule has 0 atom stereocenters. The molecule has 0 radical (unpaired) electrons. The van der Waals surface area contributed by atoms with Crippen LogP contribution in [0.5, 0.6) is 0 Å². The monoisotopic (exact) mass is 409 g/mol. The predicted molar refractivity (Wildman–Crippen MR) is 131 cm³/mol. The van der Waals surface area contributed by atoms with E-state index in [2.05, 4.69) is 127 Å². The molecule has 0 bridgehead atoms. The van der Waals surface area contributed by atoms with Gasteiger partial charge in [-0.2, -0.15) is 11.3 Å². The highest BCUT2D eigenvalue weighted by Crippen LogP contribution is 2.23. The van der Waals surface area contributed by atoms with Crippen molar-refractivity contribution in [3.05, 3.63) is 88.4 Å². The fourth-order valence-corrected chi connectivity index (χ4v) is 3.36. The summed E-state index contributed by atoms with van der Waals surface area (Å²) in [6.07, 6.45) is 3.67. The molecule has 158 valence electrons. The number of benzene rings is 1. The maximum absolute atomic E-state index is 3.96. The molecule has 0 saturated carbocycles. The van der Waals surface area contributed by atoms with Gasteiger partial charge in [0.2, 0.25) is 0 Å². The minimum Gasteiger partial charge on any atom is -0.265 e. The van der Waals surface area contributed by atoms with Crippen molar-refractivity contribution in [1.29, 1.82) is 0 Å². The zero-order valence-electron chi connectivity index (χ0n) is 19.8. The third-order valence-corrected chi connectivity index (χ3v) is 5.26. The first kappa shape index (κ1) is 25.1. The van der Waals surface area contributed by atoms with Crippen molar-refractivity contribution in [2.24, 2.45) is 0 Å². The van der Waals surface area contributed by atoms with Crippen LogP contribution in [-0.2, 0) is 16.2 Å². The Labute approximate surface area is 183 Å². The highest BCUT2D eigenvalue weighted by Gasteiger charge is 2.13. The number of pyridine rings is 1. The lowest BCUT2D eigenvalue weighted by Crippen LogP contribution is -2.10. The molecule has 29 heavy (non-hydrogen) atoms. The standard InChI is InChI=1S/C10H14.C9H13N.C8H12S/c1-10(2,3)9-7-5-4-6-8-9;1-9(2,3)8-4-6-10-7-5-8;1-8(2,3)7-4-5-9-6-7/h4-8H,1-3H3;4-7H,1-3H3;4-6H,1-3H3. The van der Waals surface area contributed by atoms with Crippen LogP contribution < -0.4 is 0 Å². The van der Waals surface area contributed by atoms with Gasteiger partial charge in [0.25, 0.3) is 0 Å². The first-order valence-electron chi connectivity index (χ1n) is 10.3.